The highest BCUT2D eigenvalue weighted by atomic mass is 16.6. The number of rotatable bonds is 7. The lowest BCUT2D eigenvalue weighted by molar-refractivity contribution is -0.395. The summed E-state index contributed by atoms with van der Waals surface area (Å²) < 4.78 is 14.9. The van der Waals surface area contributed by atoms with Crippen LogP contribution in [0.1, 0.15) is 10.4 Å². The molecule has 27 heavy (non-hydrogen) atoms. The van der Waals surface area contributed by atoms with E-state index in [4.69, 9.17) is 14.2 Å². The highest BCUT2D eigenvalue weighted by Crippen LogP contribution is 2.39. The number of amides is 1. The van der Waals surface area contributed by atoms with Gasteiger partial charge in [-0.2, -0.15) is 0 Å². The zero-order valence-electron chi connectivity index (χ0n) is 14.5. The second kappa shape index (κ2) is 7.99. The third-order valence-corrected chi connectivity index (χ3v) is 3.52. The third kappa shape index (κ3) is 4.21. The fraction of sp³-hybridized carbons (Fsp3) is 0.188. The Morgan fingerprint density at radius 1 is 0.852 bits per heavy atom. The van der Waals surface area contributed by atoms with E-state index in [2.05, 4.69) is 5.32 Å². The Hall–Kier alpha value is -3.89. The van der Waals surface area contributed by atoms with E-state index < -0.39 is 32.9 Å². The molecule has 0 saturated carbocycles. The molecule has 11 nitrogen and oxygen atoms in total. The molecule has 1 amide bonds. The Balaban J connectivity index is 2.46. The Bertz CT molecular complexity index is 855. The van der Waals surface area contributed by atoms with Gasteiger partial charge in [0.25, 0.3) is 11.7 Å². The molecular weight excluding hydrogens is 362 g/mol. The number of nitrogens with zero attached hydrogens (tertiary/aromatic N) is 2. The summed E-state index contributed by atoms with van der Waals surface area (Å²) in [4.78, 5) is 33.2. The number of anilines is 1. The van der Waals surface area contributed by atoms with E-state index in [1.807, 2.05) is 0 Å². The monoisotopic (exact) mass is 377 g/mol. The number of ether oxygens (including phenoxy) is 3. The van der Waals surface area contributed by atoms with E-state index in [9.17, 15) is 25.0 Å². The second-order valence-electron chi connectivity index (χ2n) is 5.12. The first-order valence-electron chi connectivity index (χ1n) is 7.36. The predicted octanol–water partition coefficient (Wildman–Crippen LogP) is 2.78. The van der Waals surface area contributed by atoms with Crippen molar-refractivity contribution in [3.8, 4) is 17.2 Å². The molecule has 0 bridgehead atoms. The summed E-state index contributed by atoms with van der Waals surface area (Å²) in [7, 11) is 3.90. The van der Waals surface area contributed by atoms with Crippen molar-refractivity contribution in [1.29, 1.82) is 0 Å². The summed E-state index contributed by atoms with van der Waals surface area (Å²) >= 11 is 0. The summed E-state index contributed by atoms with van der Waals surface area (Å²) in [6.45, 7) is 0. The molecule has 0 spiro atoms. The number of carbonyl (C=O) groups excluding carboxylic acids is 1. The molecule has 0 heterocycles. The van der Waals surface area contributed by atoms with Crippen molar-refractivity contribution in [2.45, 2.75) is 0 Å². The molecule has 0 aliphatic heterocycles. The maximum absolute atomic E-state index is 12.5. The molecule has 0 fully saturated rings. The second-order valence-corrected chi connectivity index (χ2v) is 5.12. The van der Waals surface area contributed by atoms with Gasteiger partial charge in [0.1, 0.15) is 11.5 Å². The maximum atomic E-state index is 12.5. The van der Waals surface area contributed by atoms with E-state index in [0.29, 0.717) is 11.5 Å². The van der Waals surface area contributed by atoms with Crippen molar-refractivity contribution in [2.75, 3.05) is 26.6 Å². The molecule has 0 aliphatic carbocycles. The Labute approximate surface area is 152 Å². The molecule has 0 radical (unpaired) electrons. The van der Waals surface area contributed by atoms with Gasteiger partial charge in [0.05, 0.1) is 36.9 Å². The van der Waals surface area contributed by atoms with E-state index in [1.165, 1.54) is 26.4 Å². The van der Waals surface area contributed by atoms with Crippen LogP contribution in [-0.4, -0.2) is 37.1 Å². The van der Waals surface area contributed by atoms with Gasteiger partial charge in [-0.15, -0.1) is 0 Å². The fourth-order valence-electron chi connectivity index (χ4n) is 2.29. The van der Waals surface area contributed by atoms with Crippen LogP contribution in [0.5, 0.6) is 17.2 Å². The average molecular weight is 377 g/mol. The minimum Gasteiger partial charge on any atom is -0.497 e. The van der Waals surface area contributed by atoms with Crippen LogP contribution in [0, 0.1) is 20.2 Å². The largest absolute Gasteiger partial charge is 0.497 e. The van der Waals surface area contributed by atoms with Crippen molar-refractivity contribution in [1.82, 2.24) is 0 Å². The summed E-state index contributed by atoms with van der Waals surface area (Å²) in [5.41, 5.74) is -1.30. The molecule has 0 atom stereocenters. The van der Waals surface area contributed by atoms with Crippen LogP contribution in [0.15, 0.2) is 30.3 Å². The summed E-state index contributed by atoms with van der Waals surface area (Å²) in [6, 6.07) is 6.34. The van der Waals surface area contributed by atoms with Crippen molar-refractivity contribution in [3.05, 3.63) is 56.1 Å². The van der Waals surface area contributed by atoms with Gasteiger partial charge in [-0.25, -0.2) is 0 Å². The van der Waals surface area contributed by atoms with Crippen LogP contribution in [0.2, 0.25) is 0 Å². The Kier molecular flexibility index (Phi) is 5.75. The lowest BCUT2D eigenvalue weighted by Gasteiger charge is -2.10. The van der Waals surface area contributed by atoms with E-state index in [0.717, 1.165) is 19.2 Å². The molecule has 2 rings (SSSR count). The zero-order chi connectivity index (χ0) is 20.1. The first kappa shape index (κ1) is 19.4. The maximum Gasteiger partial charge on any atom is 0.320 e. The van der Waals surface area contributed by atoms with E-state index >= 15 is 0 Å². The number of nitrogens with one attached hydrogen (secondary N) is 1. The van der Waals surface area contributed by atoms with Crippen molar-refractivity contribution >= 4 is 23.0 Å². The highest BCUT2D eigenvalue weighted by Gasteiger charge is 2.28. The standard InChI is InChI=1S/C16H15N3O8/c1-25-11-4-9(5-12(8-11)26-2)16(20)17-10-6-13(18(21)22)15(27-3)14(7-10)19(23)24/h4-8H,1-3H3,(H,17,20). The van der Waals surface area contributed by atoms with Crippen LogP contribution in [-0.2, 0) is 0 Å². The van der Waals surface area contributed by atoms with Crippen molar-refractivity contribution in [2.24, 2.45) is 0 Å². The van der Waals surface area contributed by atoms with Crippen LogP contribution < -0.4 is 19.5 Å². The van der Waals surface area contributed by atoms with Crippen LogP contribution in [0.3, 0.4) is 0 Å². The summed E-state index contributed by atoms with van der Waals surface area (Å²) in [5.74, 6) is -0.468. The zero-order valence-corrected chi connectivity index (χ0v) is 14.5. The van der Waals surface area contributed by atoms with Gasteiger partial charge in [-0.1, -0.05) is 0 Å². The SMILES string of the molecule is COc1cc(OC)cc(C(=O)Nc2cc([N+](=O)[O-])c(OC)c([N+](=O)[O-])c2)c1. The third-order valence-electron chi connectivity index (χ3n) is 3.52. The smallest absolute Gasteiger partial charge is 0.320 e. The normalized spacial score (nSPS) is 10.0. The molecule has 0 saturated heterocycles. The minimum absolute atomic E-state index is 0.132. The predicted molar refractivity (Wildman–Crippen MR) is 93.8 cm³/mol. The molecule has 0 aliphatic rings. The Morgan fingerprint density at radius 3 is 1.70 bits per heavy atom. The van der Waals surface area contributed by atoms with Gasteiger partial charge in [0, 0.05) is 23.8 Å². The molecular formula is C16H15N3O8. The van der Waals surface area contributed by atoms with Crippen molar-refractivity contribution in [3.63, 3.8) is 0 Å². The number of hydrogen-bond donors (Lipinski definition) is 1. The molecule has 2 aromatic rings. The molecule has 2 aromatic carbocycles. The molecule has 1 N–H and O–H groups in total. The lowest BCUT2D eigenvalue weighted by Crippen LogP contribution is -2.13. The molecule has 11 heteroatoms. The number of hydrogen-bond acceptors (Lipinski definition) is 8. The summed E-state index contributed by atoms with van der Waals surface area (Å²) in [6.07, 6.45) is 0. The van der Waals surface area contributed by atoms with Gasteiger partial charge >= 0.3 is 11.4 Å². The van der Waals surface area contributed by atoms with Crippen LogP contribution in [0.4, 0.5) is 17.1 Å². The first-order valence-corrected chi connectivity index (χ1v) is 7.36. The Morgan fingerprint density at radius 2 is 1.33 bits per heavy atom. The number of methoxy groups -OCH3 is 3. The van der Waals surface area contributed by atoms with Gasteiger partial charge < -0.3 is 19.5 Å². The minimum atomic E-state index is -0.837. The molecule has 0 unspecified atom stereocenters. The van der Waals surface area contributed by atoms with Gasteiger partial charge in [0.15, 0.2) is 0 Å². The first-order chi connectivity index (χ1) is 12.8. The molecule has 142 valence electrons. The fourth-order valence-corrected chi connectivity index (χ4v) is 2.29. The number of nitro benzene ring substituents is 2. The molecule has 0 aromatic heterocycles. The van der Waals surface area contributed by atoms with E-state index in [1.54, 1.807) is 6.07 Å². The van der Waals surface area contributed by atoms with Gasteiger partial charge in [-0.3, -0.25) is 25.0 Å². The van der Waals surface area contributed by atoms with E-state index in [-0.39, 0.29) is 11.3 Å². The van der Waals surface area contributed by atoms with Gasteiger partial charge in [-0.05, 0) is 12.1 Å². The van der Waals surface area contributed by atoms with Crippen LogP contribution in [0.25, 0.3) is 0 Å². The number of benzene rings is 2. The number of carbonyl (C=O) groups is 1. The quantitative estimate of drug-likeness (QED) is 0.573. The van der Waals surface area contributed by atoms with Crippen molar-refractivity contribution < 1.29 is 28.9 Å². The topological polar surface area (TPSA) is 143 Å². The summed E-state index contributed by atoms with van der Waals surface area (Å²) in [5, 5.41) is 24.8. The highest BCUT2D eigenvalue weighted by molar-refractivity contribution is 6.05. The van der Waals surface area contributed by atoms with Crippen LogP contribution >= 0.6 is 0 Å². The van der Waals surface area contributed by atoms with Gasteiger partial charge in [0.2, 0.25) is 0 Å². The number of nitro groups is 2. The lowest BCUT2D eigenvalue weighted by atomic mass is 10.1. The average Bonchev–Trinajstić information content (AvgIpc) is 2.66.